The van der Waals surface area contributed by atoms with E-state index in [1.807, 2.05) is 38.1 Å². The number of benzene rings is 3. The average Bonchev–Trinajstić information content (AvgIpc) is 3.13. The number of fused-ring (bicyclic) bond motifs is 1. The van der Waals surface area contributed by atoms with Crippen LogP contribution in [0, 0.1) is 6.92 Å². The highest BCUT2D eigenvalue weighted by molar-refractivity contribution is 7.92. The maximum atomic E-state index is 12.8. The molecule has 1 heterocycles. The van der Waals surface area contributed by atoms with Gasteiger partial charge < -0.3 is 14.6 Å². The molecule has 10 heteroatoms. The summed E-state index contributed by atoms with van der Waals surface area (Å²) in [6.07, 6.45) is 0. The van der Waals surface area contributed by atoms with Crippen LogP contribution in [0.15, 0.2) is 80.8 Å². The highest BCUT2D eigenvalue weighted by Crippen LogP contribution is 2.21. The minimum Gasteiger partial charge on any atom is -0.408 e. The molecule has 4 aromatic rings. The SMILES string of the molecule is Cc1ccc(NS(=O)(=O)c2ccc(C(=O)Nc3ccc4oc(=O)n(CCN(C)C)c4c3)cc2)cc1. The molecule has 35 heavy (non-hydrogen) atoms. The monoisotopic (exact) mass is 494 g/mol. The van der Waals surface area contributed by atoms with Gasteiger partial charge >= 0.3 is 5.76 Å². The van der Waals surface area contributed by atoms with Gasteiger partial charge in [-0.3, -0.25) is 14.1 Å². The lowest BCUT2D eigenvalue weighted by Gasteiger charge is -2.10. The van der Waals surface area contributed by atoms with Gasteiger partial charge in [0, 0.05) is 30.0 Å². The van der Waals surface area contributed by atoms with E-state index in [0.29, 0.717) is 35.6 Å². The predicted octanol–water partition coefficient (Wildman–Crippen LogP) is 3.52. The molecular formula is C25H26N4O5S. The van der Waals surface area contributed by atoms with Gasteiger partial charge in [0.1, 0.15) is 0 Å². The van der Waals surface area contributed by atoms with Gasteiger partial charge in [-0.15, -0.1) is 0 Å². The first-order valence-corrected chi connectivity index (χ1v) is 12.4. The lowest BCUT2D eigenvalue weighted by Crippen LogP contribution is -2.23. The molecule has 0 bridgehead atoms. The molecule has 0 spiro atoms. The number of nitrogens with zero attached hydrogens (tertiary/aromatic N) is 2. The summed E-state index contributed by atoms with van der Waals surface area (Å²) in [5.74, 6) is -0.869. The largest absolute Gasteiger partial charge is 0.419 e. The van der Waals surface area contributed by atoms with Crippen molar-refractivity contribution >= 4 is 38.4 Å². The molecule has 0 fully saturated rings. The fraction of sp³-hybridized carbons (Fsp3) is 0.200. The van der Waals surface area contributed by atoms with Crippen molar-refractivity contribution in [2.24, 2.45) is 0 Å². The Morgan fingerprint density at radius 1 is 0.971 bits per heavy atom. The number of oxazole rings is 1. The number of nitrogens with one attached hydrogen (secondary N) is 2. The molecule has 4 rings (SSSR count). The number of likely N-dealkylation sites (N-methyl/N-ethyl adjacent to an activating group) is 1. The smallest absolute Gasteiger partial charge is 0.408 e. The molecule has 0 saturated carbocycles. The van der Waals surface area contributed by atoms with Gasteiger partial charge in [-0.05, 0) is 75.6 Å². The number of carbonyl (C=O) groups excluding carboxylic acids is 1. The Balaban J connectivity index is 1.49. The van der Waals surface area contributed by atoms with E-state index in [9.17, 15) is 18.0 Å². The van der Waals surface area contributed by atoms with E-state index in [2.05, 4.69) is 10.0 Å². The molecule has 9 nitrogen and oxygen atoms in total. The van der Waals surface area contributed by atoms with E-state index in [0.717, 1.165) is 5.56 Å². The van der Waals surface area contributed by atoms with E-state index in [4.69, 9.17) is 4.42 Å². The normalized spacial score (nSPS) is 11.7. The fourth-order valence-corrected chi connectivity index (χ4v) is 4.53. The molecule has 0 radical (unpaired) electrons. The van der Waals surface area contributed by atoms with Crippen molar-refractivity contribution in [2.45, 2.75) is 18.4 Å². The summed E-state index contributed by atoms with van der Waals surface area (Å²) in [6.45, 7) is 3.02. The lowest BCUT2D eigenvalue weighted by molar-refractivity contribution is 0.102. The minimum absolute atomic E-state index is 0.0411. The van der Waals surface area contributed by atoms with Crippen molar-refractivity contribution in [1.82, 2.24) is 9.47 Å². The summed E-state index contributed by atoms with van der Waals surface area (Å²) in [4.78, 5) is 26.9. The third-order valence-corrected chi connectivity index (χ3v) is 6.82. The minimum atomic E-state index is -3.79. The van der Waals surface area contributed by atoms with Gasteiger partial charge in [0.2, 0.25) is 0 Å². The van der Waals surface area contributed by atoms with Gasteiger partial charge in [0.25, 0.3) is 15.9 Å². The molecule has 182 valence electrons. The maximum absolute atomic E-state index is 12.8. The van der Waals surface area contributed by atoms with Crippen LogP contribution in [-0.4, -0.2) is 44.4 Å². The van der Waals surface area contributed by atoms with Crippen molar-refractivity contribution < 1.29 is 17.6 Å². The summed E-state index contributed by atoms with van der Waals surface area (Å²) in [5, 5.41) is 2.78. The third-order valence-electron chi connectivity index (χ3n) is 5.43. The average molecular weight is 495 g/mol. The van der Waals surface area contributed by atoms with Crippen LogP contribution in [0.25, 0.3) is 11.1 Å². The second-order valence-electron chi connectivity index (χ2n) is 8.46. The van der Waals surface area contributed by atoms with E-state index < -0.39 is 21.7 Å². The van der Waals surface area contributed by atoms with Crippen molar-refractivity contribution in [3.05, 3.63) is 88.4 Å². The summed E-state index contributed by atoms with van der Waals surface area (Å²) in [5.41, 5.74) is 3.26. The Labute approximate surface area is 203 Å². The van der Waals surface area contributed by atoms with Crippen molar-refractivity contribution in [2.75, 3.05) is 30.7 Å². The number of aryl methyl sites for hydroxylation is 1. The highest BCUT2D eigenvalue weighted by atomic mass is 32.2. The number of carbonyl (C=O) groups is 1. The molecule has 1 aromatic heterocycles. The zero-order valence-electron chi connectivity index (χ0n) is 19.6. The van der Waals surface area contributed by atoms with Crippen molar-refractivity contribution in [1.29, 1.82) is 0 Å². The summed E-state index contributed by atoms with van der Waals surface area (Å²) < 4.78 is 34.6. The quantitative estimate of drug-likeness (QED) is 0.388. The predicted molar refractivity (Wildman–Crippen MR) is 135 cm³/mol. The van der Waals surface area contributed by atoms with Crippen LogP contribution in [0.5, 0.6) is 0 Å². The van der Waals surface area contributed by atoms with Crippen LogP contribution < -0.4 is 15.8 Å². The number of anilines is 2. The molecule has 0 saturated heterocycles. The molecular weight excluding hydrogens is 468 g/mol. The molecule has 0 aliphatic rings. The third kappa shape index (κ3) is 5.61. The van der Waals surface area contributed by atoms with Gasteiger partial charge in [0.05, 0.1) is 10.4 Å². The van der Waals surface area contributed by atoms with Crippen LogP contribution in [0.2, 0.25) is 0 Å². The summed E-state index contributed by atoms with van der Waals surface area (Å²) in [6, 6.07) is 17.6. The lowest BCUT2D eigenvalue weighted by atomic mass is 10.2. The van der Waals surface area contributed by atoms with Crippen LogP contribution in [0.3, 0.4) is 0 Å². The topological polar surface area (TPSA) is 114 Å². The molecule has 0 aliphatic carbocycles. The highest BCUT2D eigenvalue weighted by Gasteiger charge is 2.16. The number of hydrogen-bond acceptors (Lipinski definition) is 6. The Morgan fingerprint density at radius 3 is 2.29 bits per heavy atom. The van der Waals surface area contributed by atoms with Crippen LogP contribution in [-0.2, 0) is 16.6 Å². The molecule has 0 aliphatic heterocycles. The first-order valence-electron chi connectivity index (χ1n) is 10.9. The van der Waals surface area contributed by atoms with Gasteiger partial charge in [-0.2, -0.15) is 0 Å². The van der Waals surface area contributed by atoms with Crippen molar-refractivity contribution in [3.63, 3.8) is 0 Å². The van der Waals surface area contributed by atoms with Gasteiger partial charge in [-0.25, -0.2) is 13.2 Å². The first-order chi connectivity index (χ1) is 16.6. The summed E-state index contributed by atoms with van der Waals surface area (Å²) in [7, 11) is 0.0276. The molecule has 1 amide bonds. The summed E-state index contributed by atoms with van der Waals surface area (Å²) >= 11 is 0. The first kappa shape index (κ1) is 24.2. The van der Waals surface area contributed by atoms with E-state index in [1.165, 1.54) is 28.8 Å². The van der Waals surface area contributed by atoms with E-state index in [1.54, 1.807) is 30.3 Å². The number of sulfonamides is 1. The van der Waals surface area contributed by atoms with Crippen LogP contribution in [0.4, 0.5) is 11.4 Å². The Hall–Kier alpha value is -3.89. The van der Waals surface area contributed by atoms with Crippen LogP contribution >= 0.6 is 0 Å². The number of hydrogen-bond donors (Lipinski definition) is 2. The van der Waals surface area contributed by atoms with Crippen LogP contribution in [0.1, 0.15) is 15.9 Å². The molecule has 0 atom stereocenters. The second-order valence-corrected chi connectivity index (χ2v) is 10.1. The number of rotatable bonds is 8. The maximum Gasteiger partial charge on any atom is 0.419 e. The number of aromatic nitrogens is 1. The Bertz CT molecular complexity index is 1520. The molecule has 3 aromatic carbocycles. The zero-order chi connectivity index (χ0) is 25.2. The van der Waals surface area contributed by atoms with Gasteiger partial charge in [-0.1, -0.05) is 17.7 Å². The van der Waals surface area contributed by atoms with E-state index in [-0.39, 0.29) is 10.5 Å². The van der Waals surface area contributed by atoms with E-state index >= 15 is 0 Å². The standard InChI is InChI=1S/C25H26N4O5S/c1-17-4-8-19(9-5-17)27-35(32,33)21-11-6-18(7-12-21)24(30)26-20-10-13-23-22(16-20)29(25(31)34-23)15-14-28(2)3/h4-13,16,27H,14-15H2,1-3H3,(H,26,30). The fourth-order valence-electron chi connectivity index (χ4n) is 3.48. The Morgan fingerprint density at radius 2 is 1.63 bits per heavy atom. The van der Waals surface area contributed by atoms with Crippen molar-refractivity contribution in [3.8, 4) is 0 Å². The Kier molecular flexibility index (Phi) is 6.77. The molecule has 0 unspecified atom stereocenters. The zero-order valence-corrected chi connectivity index (χ0v) is 20.4. The second kappa shape index (κ2) is 9.77. The number of amides is 1. The van der Waals surface area contributed by atoms with Gasteiger partial charge in [0.15, 0.2) is 5.58 Å². The molecule has 2 N–H and O–H groups in total.